The van der Waals surface area contributed by atoms with E-state index in [4.69, 9.17) is 10.2 Å². The fourth-order valence-electron chi connectivity index (χ4n) is 1.33. The van der Waals surface area contributed by atoms with E-state index in [1.54, 1.807) is 6.20 Å². The maximum atomic E-state index is 10.7. The van der Waals surface area contributed by atoms with E-state index in [0.717, 1.165) is 5.69 Å². The maximum absolute atomic E-state index is 10.7. The molecule has 0 fully saturated rings. The largest absolute Gasteiger partial charge is 0.481 e. The molecule has 6 nitrogen and oxygen atoms in total. The monoisotopic (exact) mass is 226 g/mol. The summed E-state index contributed by atoms with van der Waals surface area (Å²) in [6.45, 7) is 0.421. The first kappa shape index (κ1) is 12.3. The number of hydrogen-bond donors (Lipinski definition) is 4. The Morgan fingerprint density at radius 2 is 2.19 bits per heavy atom. The molecule has 6 heteroatoms. The molecule has 1 unspecified atom stereocenters. The third-order valence-electron chi connectivity index (χ3n) is 2.12. The van der Waals surface area contributed by atoms with Crippen molar-refractivity contribution < 1.29 is 19.8 Å². The first-order valence-corrected chi connectivity index (χ1v) is 4.90. The van der Waals surface area contributed by atoms with Crippen LogP contribution in [0, 0.1) is 0 Å². The normalized spacial score (nSPS) is 12.2. The summed E-state index contributed by atoms with van der Waals surface area (Å²) in [5.41, 5.74) is 0.979. The number of aromatic amines is 1. The highest BCUT2D eigenvalue weighted by Gasteiger charge is 2.19. The standard InChI is InChI=1S/C10H14N2O4/c13-9(14)6-8(10(15)16)12-5-3-7-2-1-4-11-7/h1-2,4,8,11-12H,3,5-6H2,(H,13,14)(H,15,16). The maximum Gasteiger partial charge on any atom is 0.321 e. The van der Waals surface area contributed by atoms with Crippen LogP contribution in [0.25, 0.3) is 0 Å². The van der Waals surface area contributed by atoms with Gasteiger partial charge in [-0.3, -0.25) is 9.59 Å². The van der Waals surface area contributed by atoms with Gasteiger partial charge >= 0.3 is 11.9 Å². The van der Waals surface area contributed by atoms with E-state index in [0.29, 0.717) is 13.0 Å². The van der Waals surface area contributed by atoms with Crippen molar-refractivity contribution in [3.63, 3.8) is 0 Å². The summed E-state index contributed by atoms with van der Waals surface area (Å²) in [5.74, 6) is -2.27. The second-order valence-corrected chi connectivity index (χ2v) is 3.39. The molecule has 0 radical (unpaired) electrons. The molecule has 0 saturated carbocycles. The highest BCUT2D eigenvalue weighted by Crippen LogP contribution is 1.97. The van der Waals surface area contributed by atoms with E-state index < -0.39 is 24.4 Å². The smallest absolute Gasteiger partial charge is 0.321 e. The number of carboxylic acids is 2. The van der Waals surface area contributed by atoms with Crippen LogP contribution in [0.2, 0.25) is 0 Å². The Balaban J connectivity index is 2.32. The summed E-state index contributed by atoms with van der Waals surface area (Å²) in [4.78, 5) is 24.1. The van der Waals surface area contributed by atoms with E-state index >= 15 is 0 Å². The molecule has 0 aromatic carbocycles. The van der Waals surface area contributed by atoms with Gasteiger partial charge in [0.2, 0.25) is 0 Å². The summed E-state index contributed by atoms with van der Waals surface area (Å²) in [7, 11) is 0. The SMILES string of the molecule is O=C(O)CC(NCCc1ccc[nH]1)C(=O)O. The molecular formula is C10H14N2O4. The van der Waals surface area contributed by atoms with Gasteiger partial charge in [0.1, 0.15) is 6.04 Å². The molecule has 1 aromatic rings. The molecule has 1 heterocycles. The Labute approximate surface area is 92.3 Å². The fraction of sp³-hybridized carbons (Fsp3) is 0.400. The molecule has 0 amide bonds. The minimum absolute atomic E-state index is 0.417. The predicted octanol–water partition coefficient (Wildman–Crippen LogP) is 0.0747. The van der Waals surface area contributed by atoms with Gasteiger partial charge < -0.3 is 20.5 Å². The number of rotatable bonds is 7. The topological polar surface area (TPSA) is 102 Å². The van der Waals surface area contributed by atoms with E-state index in [9.17, 15) is 9.59 Å². The van der Waals surface area contributed by atoms with Crippen molar-refractivity contribution in [3.8, 4) is 0 Å². The molecule has 1 rings (SSSR count). The Kier molecular flexibility index (Phi) is 4.53. The summed E-state index contributed by atoms with van der Waals surface area (Å²) >= 11 is 0. The Hall–Kier alpha value is -1.82. The first-order valence-electron chi connectivity index (χ1n) is 4.90. The van der Waals surface area contributed by atoms with E-state index in [2.05, 4.69) is 10.3 Å². The molecule has 1 aromatic heterocycles. The van der Waals surface area contributed by atoms with Gasteiger partial charge in [-0.2, -0.15) is 0 Å². The van der Waals surface area contributed by atoms with E-state index in [1.807, 2.05) is 12.1 Å². The third kappa shape index (κ3) is 4.14. The van der Waals surface area contributed by atoms with Crippen LogP contribution in [-0.2, 0) is 16.0 Å². The molecule has 1 atom stereocenters. The second-order valence-electron chi connectivity index (χ2n) is 3.39. The van der Waals surface area contributed by atoms with Gasteiger partial charge in [-0.15, -0.1) is 0 Å². The number of nitrogens with one attached hydrogen (secondary N) is 2. The van der Waals surface area contributed by atoms with Crippen molar-refractivity contribution in [2.24, 2.45) is 0 Å². The molecule has 0 spiro atoms. The minimum atomic E-state index is -1.14. The molecule has 0 aliphatic rings. The van der Waals surface area contributed by atoms with Crippen molar-refractivity contribution in [1.29, 1.82) is 0 Å². The zero-order valence-corrected chi connectivity index (χ0v) is 8.64. The van der Waals surface area contributed by atoms with Gasteiger partial charge in [0, 0.05) is 18.4 Å². The third-order valence-corrected chi connectivity index (χ3v) is 2.12. The van der Waals surface area contributed by atoms with Gasteiger partial charge in [-0.1, -0.05) is 0 Å². The summed E-state index contributed by atoms with van der Waals surface area (Å²) in [5, 5.41) is 19.9. The van der Waals surface area contributed by atoms with Crippen LogP contribution in [0.15, 0.2) is 18.3 Å². The van der Waals surface area contributed by atoms with Crippen molar-refractivity contribution in [1.82, 2.24) is 10.3 Å². The molecule has 88 valence electrons. The van der Waals surface area contributed by atoms with Crippen LogP contribution < -0.4 is 5.32 Å². The molecule has 0 bridgehead atoms. The lowest BCUT2D eigenvalue weighted by atomic mass is 10.2. The first-order chi connectivity index (χ1) is 7.59. The Morgan fingerprint density at radius 3 is 2.69 bits per heavy atom. The lowest BCUT2D eigenvalue weighted by molar-refractivity contribution is -0.145. The highest BCUT2D eigenvalue weighted by atomic mass is 16.4. The van der Waals surface area contributed by atoms with Crippen LogP contribution in [0.5, 0.6) is 0 Å². The average Bonchev–Trinajstić information content (AvgIpc) is 2.68. The van der Waals surface area contributed by atoms with Crippen LogP contribution in [0.3, 0.4) is 0 Å². The van der Waals surface area contributed by atoms with Crippen LogP contribution >= 0.6 is 0 Å². The lowest BCUT2D eigenvalue weighted by Crippen LogP contribution is -2.39. The van der Waals surface area contributed by atoms with E-state index in [-0.39, 0.29) is 0 Å². The summed E-state index contributed by atoms with van der Waals surface area (Å²) in [6, 6.07) is 2.70. The van der Waals surface area contributed by atoms with Crippen LogP contribution in [-0.4, -0.2) is 39.7 Å². The molecule has 4 N–H and O–H groups in total. The van der Waals surface area contributed by atoms with Crippen molar-refractivity contribution in [3.05, 3.63) is 24.0 Å². The number of aromatic nitrogens is 1. The average molecular weight is 226 g/mol. The van der Waals surface area contributed by atoms with Crippen molar-refractivity contribution in [2.75, 3.05) is 6.54 Å². The molecule has 0 aliphatic heterocycles. The minimum Gasteiger partial charge on any atom is -0.481 e. The molecule has 0 saturated heterocycles. The van der Waals surface area contributed by atoms with Crippen LogP contribution in [0.1, 0.15) is 12.1 Å². The zero-order chi connectivity index (χ0) is 12.0. The Bertz CT molecular complexity index is 348. The van der Waals surface area contributed by atoms with Gasteiger partial charge in [-0.25, -0.2) is 0 Å². The summed E-state index contributed by atoms with van der Waals surface area (Å²) < 4.78 is 0. The van der Waals surface area contributed by atoms with E-state index in [1.165, 1.54) is 0 Å². The van der Waals surface area contributed by atoms with Gasteiger partial charge in [-0.05, 0) is 18.6 Å². The molecule has 0 aliphatic carbocycles. The zero-order valence-electron chi connectivity index (χ0n) is 8.64. The number of carbonyl (C=O) groups is 2. The second kappa shape index (κ2) is 5.92. The quantitative estimate of drug-likeness (QED) is 0.527. The van der Waals surface area contributed by atoms with Gasteiger partial charge in [0.15, 0.2) is 0 Å². The van der Waals surface area contributed by atoms with Crippen LogP contribution in [0.4, 0.5) is 0 Å². The summed E-state index contributed by atoms with van der Waals surface area (Å²) in [6.07, 6.45) is 2.00. The number of aliphatic carboxylic acids is 2. The Morgan fingerprint density at radius 1 is 1.44 bits per heavy atom. The molecular weight excluding hydrogens is 212 g/mol. The predicted molar refractivity (Wildman–Crippen MR) is 56.2 cm³/mol. The van der Waals surface area contributed by atoms with Gasteiger partial charge in [0.05, 0.1) is 6.42 Å². The number of hydrogen-bond acceptors (Lipinski definition) is 3. The van der Waals surface area contributed by atoms with Crippen molar-refractivity contribution >= 4 is 11.9 Å². The highest BCUT2D eigenvalue weighted by molar-refractivity contribution is 5.80. The fourth-order valence-corrected chi connectivity index (χ4v) is 1.33. The lowest BCUT2D eigenvalue weighted by Gasteiger charge is -2.11. The number of H-pyrrole nitrogens is 1. The number of carboxylic acid groups (broad SMARTS) is 2. The molecule has 16 heavy (non-hydrogen) atoms. The van der Waals surface area contributed by atoms with Gasteiger partial charge in [0.25, 0.3) is 0 Å². The van der Waals surface area contributed by atoms with Crippen molar-refractivity contribution in [2.45, 2.75) is 18.9 Å².